The summed E-state index contributed by atoms with van der Waals surface area (Å²) in [5.41, 5.74) is 0. The van der Waals surface area contributed by atoms with Gasteiger partial charge in [0.2, 0.25) is 0 Å². The van der Waals surface area contributed by atoms with Gasteiger partial charge in [-0.3, -0.25) is 0 Å². The van der Waals surface area contributed by atoms with Crippen molar-refractivity contribution in [2.24, 2.45) is 5.92 Å². The largest absolute Gasteiger partial charge is 0.198 e. The van der Waals surface area contributed by atoms with Crippen molar-refractivity contribution < 1.29 is 1.37 Å². The summed E-state index contributed by atoms with van der Waals surface area (Å²) in [5, 5.41) is 8.42. The van der Waals surface area contributed by atoms with Gasteiger partial charge in [0.25, 0.3) is 0 Å². The molecule has 1 aliphatic carbocycles. The average Bonchev–Trinajstić information content (AvgIpc) is 1.88. The highest BCUT2D eigenvalue weighted by atomic mass is 14.3. The fourth-order valence-electron chi connectivity index (χ4n) is 0.789. The normalized spacial score (nSPS) is 38.1. The lowest BCUT2D eigenvalue weighted by atomic mass is 9.98. The molecular formula is C7H9N. The predicted molar refractivity (Wildman–Crippen MR) is 32.1 cm³/mol. The number of hydrogen-bond acceptors (Lipinski definition) is 1. The fourth-order valence-corrected chi connectivity index (χ4v) is 0.789. The lowest BCUT2D eigenvalue weighted by Gasteiger charge is -2.05. The standard InChI is InChI=1S/C7H9N/c8-6-7-4-2-1-3-5-7/h2,4,7H,1,3,5H2/t7-/m0/s1/i3D/t3-,7-. The Morgan fingerprint density at radius 2 is 2.75 bits per heavy atom. The SMILES string of the molecule is [2H][C@H]1CC=C[C@H](C#N)C1. The number of hydrogen-bond donors (Lipinski definition) is 0. The maximum absolute atomic E-state index is 8.42. The first-order valence-corrected chi connectivity index (χ1v) is 2.81. The van der Waals surface area contributed by atoms with Gasteiger partial charge in [0.1, 0.15) is 0 Å². The first kappa shape index (κ1) is 4.14. The van der Waals surface area contributed by atoms with Crippen molar-refractivity contribution in [3.8, 4) is 6.07 Å². The van der Waals surface area contributed by atoms with E-state index in [-0.39, 0.29) is 12.3 Å². The van der Waals surface area contributed by atoms with Crippen LogP contribution in [0.4, 0.5) is 0 Å². The van der Waals surface area contributed by atoms with Crippen LogP contribution in [0.5, 0.6) is 0 Å². The van der Waals surface area contributed by atoms with Crippen molar-refractivity contribution in [1.29, 1.82) is 5.26 Å². The Labute approximate surface area is 51.0 Å². The second-order valence-electron chi connectivity index (χ2n) is 1.92. The van der Waals surface area contributed by atoms with Gasteiger partial charge in [-0.2, -0.15) is 5.26 Å². The molecule has 0 aromatic rings. The number of allylic oxidation sites excluding steroid dienone is 2. The van der Waals surface area contributed by atoms with Crippen molar-refractivity contribution in [3.05, 3.63) is 12.2 Å². The highest BCUT2D eigenvalue weighted by molar-refractivity contribution is 5.02. The van der Waals surface area contributed by atoms with Crippen LogP contribution in [0.2, 0.25) is 0 Å². The molecule has 0 aliphatic heterocycles. The summed E-state index contributed by atoms with van der Waals surface area (Å²) in [7, 11) is 0. The average molecular weight is 108 g/mol. The van der Waals surface area contributed by atoms with E-state index in [0.717, 1.165) is 6.42 Å². The molecule has 0 unspecified atom stereocenters. The molecule has 0 radical (unpaired) electrons. The van der Waals surface area contributed by atoms with Gasteiger partial charge in [-0.05, 0) is 19.2 Å². The molecule has 0 heterocycles. The van der Waals surface area contributed by atoms with Crippen molar-refractivity contribution in [1.82, 2.24) is 0 Å². The molecule has 0 fully saturated rings. The minimum atomic E-state index is -0.0420. The summed E-state index contributed by atoms with van der Waals surface area (Å²) in [4.78, 5) is 0. The van der Waals surface area contributed by atoms with E-state index < -0.39 is 0 Å². The molecule has 0 bridgehead atoms. The van der Waals surface area contributed by atoms with Crippen LogP contribution in [0.15, 0.2) is 12.2 Å². The number of rotatable bonds is 0. The molecule has 1 heteroatoms. The van der Waals surface area contributed by atoms with Crippen LogP contribution in [0.3, 0.4) is 0 Å². The van der Waals surface area contributed by atoms with Gasteiger partial charge in [0.05, 0.1) is 12.0 Å². The summed E-state index contributed by atoms with van der Waals surface area (Å²) in [6.45, 7) is 0. The Hall–Kier alpha value is -0.770. The summed E-state index contributed by atoms with van der Waals surface area (Å²) < 4.78 is 7.30. The third-order valence-electron chi connectivity index (χ3n) is 1.26. The Kier molecular flexibility index (Phi) is 1.30. The molecule has 1 rings (SSSR count). The molecule has 0 saturated heterocycles. The summed E-state index contributed by atoms with van der Waals surface area (Å²) in [6, 6.07) is 2.13. The van der Waals surface area contributed by atoms with Gasteiger partial charge < -0.3 is 0 Å². The minimum Gasteiger partial charge on any atom is -0.198 e. The van der Waals surface area contributed by atoms with Crippen LogP contribution in [-0.2, 0) is 0 Å². The zero-order chi connectivity index (χ0) is 6.69. The molecule has 8 heavy (non-hydrogen) atoms. The Bertz CT molecular complexity index is 157. The number of nitrogens with zero attached hydrogens (tertiary/aromatic N) is 1. The second kappa shape index (κ2) is 2.52. The van der Waals surface area contributed by atoms with Gasteiger partial charge in [-0.25, -0.2) is 0 Å². The number of nitriles is 1. The van der Waals surface area contributed by atoms with E-state index in [0.29, 0.717) is 6.42 Å². The molecule has 2 atom stereocenters. The zero-order valence-corrected chi connectivity index (χ0v) is 4.67. The van der Waals surface area contributed by atoms with E-state index in [9.17, 15) is 0 Å². The van der Waals surface area contributed by atoms with Crippen LogP contribution in [0.25, 0.3) is 0 Å². The quantitative estimate of drug-likeness (QED) is 0.434. The van der Waals surface area contributed by atoms with Crippen LogP contribution < -0.4 is 0 Å². The predicted octanol–water partition coefficient (Wildman–Crippen LogP) is 1.87. The van der Waals surface area contributed by atoms with E-state index in [1.807, 2.05) is 12.2 Å². The van der Waals surface area contributed by atoms with Crippen LogP contribution in [0.1, 0.15) is 20.6 Å². The molecule has 0 saturated carbocycles. The Morgan fingerprint density at radius 1 is 1.88 bits per heavy atom. The monoisotopic (exact) mass is 108 g/mol. The second-order valence-corrected chi connectivity index (χ2v) is 1.92. The summed E-state index contributed by atoms with van der Waals surface area (Å²) >= 11 is 0. The zero-order valence-electron chi connectivity index (χ0n) is 5.67. The molecular weight excluding hydrogens is 98.1 g/mol. The van der Waals surface area contributed by atoms with Crippen LogP contribution in [-0.4, -0.2) is 0 Å². The Morgan fingerprint density at radius 3 is 3.25 bits per heavy atom. The highest BCUT2D eigenvalue weighted by Crippen LogP contribution is 2.14. The van der Waals surface area contributed by atoms with Crippen molar-refractivity contribution in [3.63, 3.8) is 0 Å². The van der Waals surface area contributed by atoms with Crippen molar-refractivity contribution in [2.45, 2.75) is 19.2 Å². The van der Waals surface area contributed by atoms with Gasteiger partial charge >= 0.3 is 0 Å². The van der Waals surface area contributed by atoms with Crippen LogP contribution >= 0.6 is 0 Å². The Balaban J connectivity index is 2.52. The van der Waals surface area contributed by atoms with Gasteiger partial charge in [-0.1, -0.05) is 12.2 Å². The van der Waals surface area contributed by atoms with Crippen molar-refractivity contribution in [2.75, 3.05) is 0 Å². The molecule has 1 aliphatic rings. The van der Waals surface area contributed by atoms with E-state index in [1.165, 1.54) is 0 Å². The first-order valence-electron chi connectivity index (χ1n) is 3.39. The van der Waals surface area contributed by atoms with Crippen molar-refractivity contribution >= 4 is 0 Å². The molecule has 42 valence electrons. The first-order chi connectivity index (χ1) is 4.33. The van der Waals surface area contributed by atoms with E-state index in [2.05, 4.69) is 6.07 Å². The summed E-state index contributed by atoms with van der Waals surface area (Å²) in [5.74, 6) is 0.00116. The molecule has 0 spiro atoms. The van der Waals surface area contributed by atoms with E-state index >= 15 is 0 Å². The summed E-state index contributed by atoms with van der Waals surface area (Å²) in [6.07, 6.45) is 5.31. The lowest BCUT2D eigenvalue weighted by molar-refractivity contribution is 0.640. The molecule has 0 N–H and O–H groups in total. The van der Waals surface area contributed by atoms with E-state index in [1.54, 1.807) is 0 Å². The maximum Gasteiger partial charge on any atom is 0.0697 e. The van der Waals surface area contributed by atoms with Gasteiger partial charge in [0, 0.05) is 1.37 Å². The maximum atomic E-state index is 8.42. The lowest BCUT2D eigenvalue weighted by Crippen LogP contribution is -1.95. The highest BCUT2D eigenvalue weighted by Gasteiger charge is 2.04. The van der Waals surface area contributed by atoms with Gasteiger partial charge in [0.15, 0.2) is 0 Å². The topological polar surface area (TPSA) is 23.8 Å². The van der Waals surface area contributed by atoms with Gasteiger partial charge in [-0.15, -0.1) is 0 Å². The molecule has 0 amide bonds. The molecule has 0 aromatic heterocycles. The van der Waals surface area contributed by atoms with Crippen LogP contribution in [0, 0.1) is 17.2 Å². The third kappa shape index (κ3) is 1.10. The smallest absolute Gasteiger partial charge is 0.0697 e. The molecule has 1 nitrogen and oxygen atoms in total. The fraction of sp³-hybridized carbons (Fsp3) is 0.571. The molecule has 0 aromatic carbocycles. The third-order valence-corrected chi connectivity index (χ3v) is 1.26. The van der Waals surface area contributed by atoms with E-state index in [4.69, 9.17) is 6.63 Å². The minimum absolute atomic E-state index is 0.00116.